The summed E-state index contributed by atoms with van der Waals surface area (Å²) in [6.07, 6.45) is 3.69. The van der Waals surface area contributed by atoms with Gasteiger partial charge in [-0.3, -0.25) is 0 Å². The van der Waals surface area contributed by atoms with Gasteiger partial charge in [0.05, 0.1) is 5.52 Å². The highest BCUT2D eigenvalue weighted by Gasteiger charge is 2.06. The van der Waals surface area contributed by atoms with Crippen LogP contribution in [-0.2, 0) is 0 Å². The molecule has 3 rings (SSSR count). The molecule has 0 saturated carbocycles. The van der Waals surface area contributed by atoms with Gasteiger partial charge >= 0.3 is 0 Å². The third-order valence-corrected chi connectivity index (χ3v) is 2.92. The Morgan fingerprint density at radius 3 is 2.72 bits per heavy atom. The minimum Gasteiger partial charge on any atom is -0.383 e. The molecule has 2 aromatic heterocycles. The Kier molecular flexibility index (Phi) is 2.26. The lowest BCUT2D eigenvalue weighted by atomic mass is 10.2. The van der Waals surface area contributed by atoms with Gasteiger partial charge in [0.15, 0.2) is 0 Å². The van der Waals surface area contributed by atoms with Crippen LogP contribution < -0.4 is 5.73 Å². The van der Waals surface area contributed by atoms with E-state index in [0.717, 1.165) is 22.4 Å². The number of nitrogens with two attached hydrogens (primary N) is 1. The zero-order chi connectivity index (χ0) is 12.7. The predicted octanol–water partition coefficient (Wildman–Crippen LogP) is 2.01. The van der Waals surface area contributed by atoms with E-state index in [1.165, 1.54) is 0 Å². The van der Waals surface area contributed by atoms with Crippen LogP contribution in [0.3, 0.4) is 0 Å². The summed E-state index contributed by atoms with van der Waals surface area (Å²) in [4.78, 5) is 12.8. The van der Waals surface area contributed by atoms with Crippen molar-refractivity contribution in [3.8, 4) is 5.69 Å². The summed E-state index contributed by atoms with van der Waals surface area (Å²) in [6.45, 7) is 3.79. The third kappa shape index (κ3) is 1.60. The summed E-state index contributed by atoms with van der Waals surface area (Å²) in [5.41, 5.74) is 7.81. The first kappa shape index (κ1) is 10.7. The van der Waals surface area contributed by atoms with Gasteiger partial charge in [0.1, 0.15) is 17.5 Å². The van der Waals surface area contributed by atoms with Gasteiger partial charge in [-0.05, 0) is 32.0 Å². The number of nitrogen functional groups attached to an aromatic ring is 1. The van der Waals surface area contributed by atoms with Crippen LogP contribution in [0.25, 0.3) is 16.6 Å². The number of benzene rings is 1. The Morgan fingerprint density at radius 2 is 2.00 bits per heavy atom. The van der Waals surface area contributed by atoms with Gasteiger partial charge in [0.2, 0.25) is 0 Å². The van der Waals surface area contributed by atoms with Crippen molar-refractivity contribution < 1.29 is 0 Å². The van der Waals surface area contributed by atoms with Crippen LogP contribution in [0, 0.1) is 13.8 Å². The first-order valence-corrected chi connectivity index (χ1v) is 5.69. The van der Waals surface area contributed by atoms with Crippen molar-refractivity contribution in [2.45, 2.75) is 13.8 Å². The standard InChI is InChI=1S/C13H13N5/c1-8-16-12-4-3-10(7-11(12)13(14)17-8)18-6-5-15-9(18)2/h3-7H,1-2H3,(H2,14,16,17). The Labute approximate surface area is 104 Å². The molecule has 5 nitrogen and oxygen atoms in total. The van der Waals surface area contributed by atoms with Crippen LogP contribution in [0.4, 0.5) is 5.82 Å². The molecule has 3 aromatic rings. The van der Waals surface area contributed by atoms with Crippen LogP contribution in [-0.4, -0.2) is 19.5 Å². The molecule has 1 aromatic carbocycles. The van der Waals surface area contributed by atoms with Crippen molar-refractivity contribution in [3.63, 3.8) is 0 Å². The van der Waals surface area contributed by atoms with E-state index in [9.17, 15) is 0 Å². The van der Waals surface area contributed by atoms with E-state index in [4.69, 9.17) is 5.73 Å². The molecule has 0 spiro atoms. The van der Waals surface area contributed by atoms with Gasteiger partial charge in [-0.15, -0.1) is 0 Å². The number of aryl methyl sites for hydroxylation is 2. The van der Waals surface area contributed by atoms with Crippen LogP contribution in [0.1, 0.15) is 11.6 Å². The molecule has 2 heterocycles. The topological polar surface area (TPSA) is 69.6 Å². The number of imidazole rings is 1. The van der Waals surface area contributed by atoms with Crippen LogP contribution >= 0.6 is 0 Å². The second kappa shape index (κ2) is 3.80. The zero-order valence-electron chi connectivity index (χ0n) is 10.3. The number of hydrogen-bond donors (Lipinski definition) is 1. The number of anilines is 1. The quantitative estimate of drug-likeness (QED) is 0.705. The van der Waals surface area contributed by atoms with Crippen molar-refractivity contribution in [3.05, 3.63) is 42.2 Å². The largest absolute Gasteiger partial charge is 0.383 e. The van der Waals surface area contributed by atoms with Crippen LogP contribution in [0.5, 0.6) is 0 Å². The van der Waals surface area contributed by atoms with E-state index in [2.05, 4.69) is 15.0 Å². The smallest absolute Gasteiger partial charge is 0.135 e. The SMILES string of the molecule is Cc1nc(N)c2cc(-n3ccnc3C)ccc2n1. The molecule has 18 heavy (non-hydrogen) atoms. The molecule has 0 bridgehead atoms. The van der Waals surface area contributed by atoms with Gasteiger partial charge in [-0.25, -0.2) is 15.0 Å². The van der Waals surface area contributed by atoms with E-state index in [1.54, 1.807) is 6.20 Å². The number of rotatable bonds is 1. The molecule has 0 atom stereocenters. The lowest BCUT2D eigenvalue weighted by molar-refractivity contribution is 0.975. The van der Waals surface area contributed by atoms with E-state index in [1.807, 2.05) is 42.8 Å². The average molecular weight is 239 g/mol. The highest BCUT2D eigenvalue weighted by molar-refractivity contribution is 5.89. The fraction of sp³-hybridized carbons (Fsp3) is 0.154. The molecule has 0 unspecified atom stereocenters. The summed E-state index contributed by atoms with van der Waals surface area (Å²) < 4.78 is 2.00. The maximum absolute atomic E-state index is 5.94. The molecule has 0 saturated heterocycles. The molecular weight excluding hydrogens is 226 g/mol. The Bertz CT molecular complexity index is 729. The molecule has 0 aliphatic heterocycles. The fourth-order valence-electron chi connectivity index (χ4n) is 2.06. The Balaban J connectivity index is 2.26. The molecular formula is C13H13N5. The second-order valence-corrected chi connectivity index (χ2v) is 4.20. The van der Waals surface area contributed by atoms with Gasteiger partial charge < -0.3 is 10.3 Å². The highest BCUT2D eigenvalue weighted by atomic mass is 15.1. The van der Waals surface area contributed by atoms with E-state index in [-0.39, 0.29) is 0 Å². The highest BCUT2D eigenvalue weighted by Crippen LogP contribution is 2.22. The number of fused-ring (bicyclic) bond motifs is 1. The lowest BCUT2D eigenvalue weighted by Gasteiger charge is -2.08. The minimum absolute atomic E-state index is 0.511. The molecule has 5 heteroatoms. The summed E-state index contributed by atoms with van der Waals surface area (Å²) in [7, 11) is 0. The summed E-state index contributed by atoms with van der Waals surface area (Å²) >= 11 is 0. The first-order chi connectivity index (χ1) is 8.65. The first-order valence-electron chi connectivity index (χ1n) is 5.69. The van der Waals surface area contributed by atoms with Crippen molar-refractivity contribution in [1.82, 2.24) is 19.5 Å². The second-order valence-electron chi connectivity index (χ2n) is 4.20. The van der Waals surface area contributed by atoms with Gasteiger partial charge in [0, 0.05) is 23.5 Å². The lowest BCUT2D eigenvalue weighted by Crippen LogP contribution is -2.00. The number of nitrogens with zero attached hydrogens (tertiary/aromatic N) is 4. The normalized spacial score (nSPS) is 11.0. The van der Waals surface area contributed by atoms with Gasteiger partial charge in [-0.2, -0.15) is 0 Å². The Hall–Kier alpha value is -2.43. The average Bonchev–Trinajstić information content (AvgIpc) is 2.75. The molecule has 0 aliphatic carbocycles. The third-order valence-electron chi connectivity index (χ3n) is 2.92. The minimum atomic E-state index is 0.511. The van der Waals surface area contributed by atoms with Crippen molar-refractivity contribution in [2.75, 3.05) is 5.73 Å². The van der Waals surface area contributed by atoms with Gasteiger partial charge in [0.25, 0.3) is 0 Å². The van der Waals surface area contributed by atoms with Crippen molar-refractivity contribution in [2.24, 2.45) is 0 Å². The van der Waals surface area contributed by atoms with E-state index < -0.39 is 0 Å². The molecule has 2 N–H and O–H groups in total. The monoisotopic (exact) mass is 239 g/mol. The van der Waals surface area contributed by atoms with E-state index >= 15 is 0 Å². The van der Waals surface area contributed by atoms with Crippen LogP contribution in [0.2, 0.25) is 0 Å². The molecule has 90 valence electrons. The maximum atomic E-state index is 5.94. The fourth-order valence-corrected chi connectivity index (χ4v) is 2.06. The number of hydrogen-bond acceptors (Lipinski definition) is 4. The molecule has 0 amide bonds. The molecule has 0 radical (unpaired) electrons. The predicted molar refractivity (Wildman–Crippen MR) is 70.5 cm³/mol. The Morgan fingerprint density at radius 1 is 1.17 bits per heavy atom. The van der Waals surface area contributed by atoms with Crippen molar-refractivity contribution >= 4 is 16.7 Å². The molecule has 0 aliphatic rings. The number of aromatic nitrogens is 4. The summed E-state index contributed by atoms with van der Waals surface area (Å²) in [6, 6.07) is 5.94. The van der Waals surface area contributed by atoms with Crippen LogP contribution in [0.15, 0.2) is 30.6 Å². The van der Waals surface area contributed by atoms with Crippen molar-refractivity contribution in [1.29, 1.82) is 0 Å². The van der Waals surface area contributed by atoms with Gasteiger partial charge in [-0.1, -0.05) is 0 Å². The van der Waals surface area contributed by atoms with E-state index in [0.29, 0.717) is 11.6 Å². The summed E-state index contributed by atoms with van der Waals surface area (Å²) in [5, 5.41) is 0.867. The molecule has 0 fully saturated rings. The summed E-state index contributed by atoms with van der Waals surface area (Å²) in [5.74, 6) is 2.13. The maximum Gasteiger partial charge on any atom is 0.135 e. The zero-order valence-corrected chi connectivity index (χ0v) is 10.3.